The number of benzene rings is 1. The minimum Gasteiger partial charge on any atom is -0.495 e. The largest absolute Gasteiger partial charge is 0.495 e. The highest BCUT2D eigenvalue weighted by atomic mass is 35.5. The summed E-state index contributed by atoms with van der Waals surface area (Å²) < 4.78 is 5.20. The lowest BCUT2D eigenvalue weighted by molar-refractivity contribution is -0.131. The maximum atomic E-state index is 12.4. The Morgan fingerprint density at radius 1 is 1.44 bits per heavy atom. The summed E-state index contributed by atoms with van der Waals surface area (Å²) in [6.45, 7) is 0.479. The lowest BCUT2D eigenvalue weighted by Gasteiger charge is -2.43. The average Bonchev–Trinajstić information content (AvgIpc) is 2.60. The highest BCUT2D eigenvalue weighted by Gasteiger charge is 2.43. The number of amides is 1. The fraction of sp³-hybridized carbons (Fsp3) is 0.556. The summed E-state index contributed by atoms with van der Waals surface area (Å²) in [6.07, 6.45) is 1.47. The summed E-state index contributed by atoms with van der Waals surface area (Å²) in [5, 5.41) is 25.3. The van der Waals surface area contributed by atoms with Gasteiger partial charge in [0.15, 0.2) is 0 Å². The van der Waals surface area contributed by atoms with Crippen LogP contribution in [-0.4, -0.2) is 42.2 Å². The molecule has 7 heteroatoms. The van der Waals surface area contributed by atoms with E-state index in [1.807, 2.05) is 0 Å². The Morgan fingerprint density at radius 3 is 2.96 bits per heavy atom. The van der Waals surface area contributed by atoms with E-state index in [2.05, 4.69) is 16.7 Å². The Hall–Kier alpha value is -1.97. The molecule has 1 saturated heterocycles. The fourth-order valence-electron chi connectivity index (χ4n) is 3.82. The number of nitriles is 1. The molecule has 1 aliphatic heterocycles. The van der Waals surface area contributed by atoms with Crippen molar-refractivity contribution in [3.8, 4) is 11.8 Å². The Balaban J connectivity index is 1.64. The second-order valence-electron chi connectivity index (χ2n) is 6.77. The smallest absolute Gasteiger partial charge is 0.225 e. The molecule has 0 aromatic heterocycles. The molecule has 1 heterocycles. The Labute approximate surface area is 152 Å². The van der Waals surface area contributed by atoms with E-state index in [0.29, 0.717) is 30.7 Å². The minimum absolute atomic E-state index is 0.0392. The molecule has 0 spiro atoms. The van der Waals surface area contributed by atoms with E-state index >= 15 is 0 Å². The number of aliphatic hydroxyl groups excluding tert-OH is 1. The molecule has 1 amide bonds. The number of halogens is 1. The lowest BCUT2D eigenvalue weighted by Crippen LogP contribution is -2.58. The second-order valence-corrected chi connectivity index (χ2v) is 7.39. The zero-order valence-corrected chi connectivity index (χ0v) is 14.8. The molecule has 134 valence electrons. The highest BCUT2D eigenvalue weighted by Crippen LogP contribution is 2.36. The van der Waals surface area contributed by atoms with Gasteiger partial charge < -0.3 is 20.5 Å². The number of methoxy groups -OCH3 is 1. The highest BCUT2D eigenvalue weighted by molar-refractivity contribution is 6.20. The van der Waals surface area contributed by atoms with Gasteiger partial charge in [-0.05, 0) is 37.3 Å². The van der Waals surface area contributed by atoms with Crippen LogP contribution in [0.5, 0.6) is 5.75 Å². The molecular weight excluding hydrogens is 342 g/mol. The number of aliphatic hydroxyl groups is 1. The van der Waals surface area contributed by atoms with Crippen LogP contribution in [0.2, 0.25) is 0 Å². The number of hydrogen-bond donors (Lipinski definition) is 3. The molecule has 1 saturated carbocycles. The zero-order chi connectivity index (χ0) is 18.0. The van der Waals surface area contributed by atoms with Crippen molar-refractivity contribution in [3.63, 3.8) is 0 Å². The third-order valence-electron chi connectivity index (χ3n) is 5.12. The van der Waals surface area contributed by atoms with Crippen LogP contribution in [0.25, 0.3) is 0 Å². The number of nitrogens with zero attached hydrogens (tertiary/aromatic N) is 1. The van der Waals surface area contributed by atoms with E-state index in [1.54, 1.807) is 18.2 Å². The average molecular weight is 364 g/mol. The van der Waals surface area contributed by atoms with Crippen molar-refractivity contribution in [2.24, 2.45) is 11.8 Å². The first-order chi connectivity index (χ1) is 12.0. The normalized spacial score (nSPS) is 31.4. The van der Waals surface area contributed by atoms with Crippen molar-refractivity contribution < 1.29 is 14.6 Å². The third-order valence-corrected chi connectivity index (χ3v) is 5.48. The van der Waals surface area contributed by atoms with Crippen molar-refractivity contribution in [2.75, 3.05) is 19.0 Å². The molecule has 1 aromatic carbocycles. The zero-order valence-electron chi connectivity index (χ0n) is 14.0. The molecule has 0 bridgehead atoms. The molecule has 0 radical (unpaired) electrons. The van der Waals surface area contributed by atoms with Gasteiger partial charge in [-0.3, -0.25) is 4.79 Å². The number of alkyl halides is 1. The van der Waals surface area contributed by atoms with Gasteiger partial charge in [0.2, 0.25) is 5.91 Å². The standard InChI is InChI=1S/C18H22ClN3O3/c1-25-16-7-14(3-2-10(16)8-20)21-9-12-4-11-5-13(19)6-15(23)17(11)22-18(12)24/h2-3,7,11-13,15,17,21,23H,4-6,9H2,1H3,(H,22,24). The minimum atomic E-state index is -0.568. The fourth-order valence-corrected chi connectivity index (χ4v) is 4.23. The first kappa shape index (κ1) is 17.8. The summed E-state index contributed by atoms with van der Waals surface area (Å²) in [6, 6.07) is 7.12. The van der Waals surface area contributed by atoms with Gasteiger partial charge in [-0.25, -0.2) is 0 Å². The topological polar surface area (TPSA) is 94.4 Å². The van der Waals surface area contributed by atoms with Crippen LogP contribution in [0.3, 0.4) is 0 Å². The van der Waals surface area contributed by atoms with Crippen molar-refractivity contribution >= 4 is 23.2 Å². The van der Waals surface area contributed by atoms with E-state index in [4.69, 9.17) is 21.6 Å². The van der Waals surface area contributed by atoms with Crippen molar-refractivity contribution in [2.45, 2.75) is 36.8 Å². The molecule has 25 heavy (non-hydrogen) atoms. The monoisotopic (exact) mass is 363 g/mol. The van der Waals surface area contributed by atoms with Gasteiger partial charge in [-0.2, -0.15) is 5.26 Å². The molecular formula is C18H22ClN3O3. The van der Waals surface area contributed by atoms with Gasteiger partial charge in [0.05, 0.1) is 30.7 Å². The predicted molar refractivity (Wildman–Crippen MR) is 94.6 cm³/mol. The summed E-state index contributed by atoms with van der Waals surface area (Å²) in [4.78, 5) is 12.4. The van der Waals surface area contributed by atoms with Gasteiger partial charge in [-0.1, -0.05) is 0 Å². The number of hydrogen-bond acceptors (Lipinski definition) is 5. The van der Waals surface area contributed by atoms with E-state index < -0.39 is 6.10 Å². The van der Waals surface area contributed by atoms with Crippen LogP contribution < -0.4 is 15.4 Å². The maximum absolute atomic E-state index is 12.4. The number of anilines is 1. The van der Waals surface area contributed by atoms with Crippen LogP contribution in [0, 0.1) is 23.2 Å². The second kappa shape index (κ2) is 7.51. The van der Waals surface area contributed by atoms with E-state index in [1.165, 1.54) is 7.11 Å². The first-order valence-electron chi connectivity index (χ1n) is 8.46. The number of carbonyl (C=O) groups excluding carboxylic acids is 1. The van der Waals surface area contributed by atoms with Gasteiger partial charge in [0.25, 0.3) is 0 Å². The van der Waals surface area contributed by atoms with Crippen LogP contribution >= 0.6 is 11.6 Å². The SMILES string of the molecule is COc1cc(NCC2CC3CC(Cl)CC(O)C3NC2=O)ccc1C#N. The van der Waals surface area contributed by atoms with Crippen LogP contribution in [0.15, 0.2) is 18.2 Å². The molecule has 5 atom stereocenters. The molecule has 3 rings (SSSR count). The summed E-state index contributed by atoms with van der Waals surface area (Å²) in [5.41, 5.74) is 1.26. The molecule has 1 aliphatic carbocycles. The maximum Gasteiger partial charge on any atom is 0.225 e. The molecule has 6 nitrogen and oxygen atoms in total. The summed E-state index contributed by atoms with van der Waals surface area (Å²) in [7, 11) is 1.52. The van der Waals surface area contributed by atoms with Crippen molar-refractivity contribution in [1.82, 2.24) is 5.32 Å². The lowest BCUT2D eigenvalue weighted by atomic mass is 9.74. The molecule has 5 unspecified atom stereocenters. The van der Waals surface area contributed by atoms with Crippen LogP contribution in [0.4, 0.5) is 5.69 Å². The summed E-state index contributed by atoms with van der Waals surface area (Å²) >= 11 is 6.22. The number of piperidine rings is 1. The number of carbonyl (C=O) groups is 1. The number of ether oxygens (including phenoxy) is 1. The third kappa shape index (κ3) is 3.83. The molecule has 1 aromatic rings. The van der Waals surface area contributed by atoms with Gasteiger partial charge in [-0.15, -0.1) is 11.6 Å². The summed E-state index contributed by atoms with van der Waals surface area (Å²) in [5.74, 6) is 0.478. The van der Waals surface area contributed by atoms with Crippen molar-refractivity contribution in [1.29, 1.82) is 5.26 Å². The molecule has 2 fully saturated rings. The van der Waals surface area contributed by atoms with Crippen molar-refractivity contribution in [3.05, 3.63) is 23.8 Å². The van der Waals surface area contributed by atoms with E-state index in [0.717, 1.165) is 12.1 Å². The Kier molecular flexibility index (Phi) is 5.36. The van der Waals surface area contributed by atoms with Crippen LogP contribution in [0.1, 0.15) is 24.8 Å². The quantitative estimate of drug-likeness (QED) is 0.710. The number of nitrogens with one attached hydrogen (secondary N) is 2. The Morgan fingerprint density at radius 2 is 2.24 bits per heavy atom. The molecule has 2 aliphatic rings. The van der Waals surface area contributed by atoms with Gasteiger partial charge >= 0.3 is 0 Å². The van der Waals surface area contributed by atoms with Crippen LogP contribution in [-0.2, 0) is 4.79 Å². The Bertz CT molecular complexity index is 691. The predicted octanol–water partition coefficient (Wildman–Crippen LogP) is 1.86. The van der Waals surface area contributed by atoms with E-state index in [9.17, 15) is 9.90 Å². The first-order valence-corrected chi connectivity index (χ1v) is 8.90. The molecule has 3 N–H and O–H groups in total. The van der Waals surface area contributed by atoms with Gasteiger partial charge in [0.1, 0.15) is 11.8 Å². The number of fused-ring (bicyclic) bond motifs is 1. The van der Waals surface area contributed by atoms with E-state index in [-0.39, 0.29) is 29.2 Å². The van der Waals surface area contributed by atoms with Gasteiger partial charge in [0, 0.05) is 23.7 Å². The number of rotatable bonds is 4.